The predicted octanol–water partition coefficient (Wildman–Crippen LogP) is 2.95. The second kappa shape index (κ2) is 7.33. The van der Waals surface area contributed by atoms with E-state index in [1.54, 1.807) is 10.7 Å². The molecule has 0 bridgehead atoms. The van der Waals surface area contributed by atoms with Gasteiger partial charge in [-0.2, -0.15) is 0 Å². The van der Waals surface area contributed by atoms with E-state index in [4.69, 9.17) is 11.5 Å². The maximum Gasteiger partial charge on any atom is 0.177 e. The average molecular weight is 350 g/mol. The van der Waals surface area contributed by atoms with Crippen molar-refractivity contribution in [2.24, 2.45) is 5.73 Å². The molecule has 1 aliphatic rings. The Morgan fingerprint density at radius 1 is 1.12 bits per heavy atom. The molecule has 136 valence electrons. The molecule has 3 aromatic rings. The van der Waals surface area contributed by atoms with Gasteiger partial charge in [0.1, 0.15) is 5.82 Å². The number of aromatic nitrogens is 3. The third kappa shape index (κ3) is 3.37. The third-order valence-corrected chi connectivity index (χ3v) is 5.34. The maximum absolute atomic E-state index is 6.36. The van der Waals surface area contributed by atoms with E-state index >= 15 is 0 Å². The number of nitrogen functional groups attached to an aromatic ring is 1. The molecule has 2 aromatic heterocycles. The van der Waals surface area contributed by atoms with Crippen LogP contribution in [0.3, 0.4) is 0 Å². The van der Waals surface area contributed by atoms with Crippen LogP contribution in [0.15, 0.2) is 42.7 Å². The van der Waals surface area contributed by atoms with Crippen LogP contribution in [0, 0.1) is 0 Å². The summed E-state index contributed by atoms with van der Waals surface area (Å²) in [7, 11) is 0. The van der Waals surface area contributed by atoms with Crippen LogP contribution >= 0.6 is 0 Å². The number of nitrogens with one attached hydrogen (secondary N) is 1. The minimum Gasteiger partial charge on any atom is -0.382 e. The van der Waals surface area contributed by atoms with E-state index in [-0.39, 0.29) is 0 Å². The summed E-state index contributed by atoms with van der Waals surface area (Å²) in [4.78, 5) is 4.51. The molecule has 0 radical (unpaired) electrons. The second-order valence-corrected chi connectivity index (χ2v) is 7.14. The van der Waals surface area contributed by atoms with Gasteiger partial charge in [-0.25, -0.2) is 9.50 Å². The Hall–Kier alpha value is -2.60. The molecular formula is C20H26N6. The van der Waals surface area contributed by atoms with Crippen LogP contribution in [0.2, 0.25) is 0 Å². The number of hydrogen-bond acceptors (Lipinski definition) is 5. The van der Waals surface area contributed by atoms with Gasteiger partial charge in [0.05, 0.1) is 5.69 Å². The standard InChI is InChI=1S/C20H26N6/c21-16-8-6-15(7-9-16)17-18(20-24-12-13-26(20)25-19(17)22)23-11-10-14-4-2-1-3-5-14/h1-5,12-13,15-16,23H,6-11,21H2,(H2,22,25)/t15-,16-. The van der Waals surface area contributed by atoms with Gasteiger partial charge in [0.25, 0.3) is 0 Å². The first-order valence-electron chi connectivity index (χ1n) is 9.38. The van der Waals surface area contributed by atoms with Gasteiger partial charge in [0.15, 0.2) is 5.65 Å². The molecule has 0 spiro atoms. The lowest BCUT2D eigenvalue weighted by atomic mass is 9.81. The van der Waals surface area contributed by atoms with Gasteiger partial charge < -0.3 is 16.8 Å². The van der Waals surface area contributed by atoms with Crippen LogP contribution in [0.5, 0.6) is 0 Å². The highest BCUT2D eigenvalue weighted by Crippen LogP contribution is 2.40. The van der Waals surface area contributed by atoms with Gasteiger partial charge in [-0.15, -0.1) is 5.10 Å². The molecular weight excluding hydrogens is 324 g/mol. The molecule has 5 N–H and O–H groups in total. The Morgan fingerprint density at radius 3 is 2.65 bits per heavy atom. The van der Waals surface area contributed by atoms with Gasteiger partial charge in [-0.1, -0.05) is 30.3 Å². The number of rotatable bonds is 5. The summed E-state index contributed by atoms with van der Waals surface area (Å²) < 4.78 is 1.76. The van der Waals surface area contributed by atoms with Gasteiger partial charge in [-0.3, -0.25) is 0 Å². The summed E-state index contributed by atoms with van der Waals surface area (Å²) in [5, 5.41) is 8.12. The molecule has 1 fully saturated rings. The highest BCUT2D eigenvalue weighted by atomic mass is 15.3. The minimum absolute atomic E-state index is 0.310. The van der Waals surface area contributed by atoms with E-state index in [1.807, 2.05) is 12.3 Å². The summed E-state index contributed by atoms with van der Waals surface area (Å²) >= 11 is 0. The fourth-order valence-electron chi connectivity index (χ4n) is 3.95. The molecule has 6 nitrogen and oxygen atoms in total. The van der Waals surface area contributed by atoms with Gasteiger partial charge in [0, 0.05) is 30.5 Å². The number of nitrogens with zero attached hydrogens (tertiary/aromatic N) is 3. The molecule has 6 heteroatoms. The highest BCUT2D eigenvalue weighted by Gasteiger charge is 2.26. The molecule has 1 saturated carbocycles. The van der Waals surface area contributed by atoms with Crippen molar-refractivity contribution in [2.45, 2.75) is 44.1 Å². The minimum atomic E-state index is 0.310. The smallest absolute Gasteiger partial charge is 0.177 e. The molecule has 1 aromatic carbocycles. The lowest BCUT2D eigenvalue weighted by molar-refractivity contribution is 0.396. The van der Waals surface area contributed by atoms with Crippen LogP contribution in [-0.4, -0.2) is 27.2 Å². The first-order chi connectivity index (χ1) is 12.7. The molecule has 0 aliphatic heterocycles. The fraction of sp³-hybridized carbons (Fsp3) is 0.400. The molecule has 0 saturated heterocycles. The summed E-state index contributed by atoms with van der Waals surface area (Å²) in [6.07, 6.45) is 8.74. The first-order valence-corrected chi connectivity index (χ1v) is 9.38. The summed E-state index contributed by atoms with van der Waals surface area (Å²) in [5.74, 6) is 0.987. The Kier molecular flexibility index (Phi) is 4.75. The van der Waals surface area contributed by atoms with Crippen LogP contribution < -0.4 is 16.8 Å². The Balaban J connectivity index is 1.62. The van der Waals surface area contributed by atoms with Crippen LogP contribution in [0.25, 0.3) is 5.65 Å². The lowest BCUT2D eigenvalue weighted by Crippen LogP contribution is -2.27. The predicted molar refractivity (Wildman–Crippen MR) is 105 cm³/mol. The SMILES string of the molecule is Nc1nn2ccnc2c(NCCc2ccccc2)c1[C@H]1CC[C@H](N)CC1. The van der Waals surface area contributed by atoms with E-state index in [0.717, 1.165) is 55.5 Å². The van der Waals surface area contributed by atoms with Crippen LogP contribution in [0.1, 0.15) is 42.7 Å². The first kappa shape index (κ1) is 16.8. The van der Waals surface area contributed by atoms with Crippen molar-refractivity contribution in [3.63, 3.8) is 0 Å². The number of hydrogen-bond donors (Lipinski definition) is 3. The van der Waals surface area contributed by atoms with Crippen molar-refractivity contribution in [3.8, 4) is 0 Å². The zero-order chi connectivity index (χ0) is 17.9. The van der Waals surface area contributed by atoms with E-state index in [9.17, 15) is 0 Å². The normalized spacial score (nSPS) is 20.3. The van der Waals surface area contributed by atoms with Crippen molar-refractivity contribution in [2.75, 3.05) is 17.6 Å². The number of nitrogens with two attached hydrogens (primary N) is 2. The molecule has 1 aliphatic carbocycles. The lowest BCUT2D eigenvalue weighted by Gasteiger charge is -2.28. The molecule has 0 atom stereocenters. The fourth-order valence-corrected chi connectivity index (χ4v) is 3.95. The quantitative estimate of drug-likeness (QED) is 0.658. The van der Waals surface area contributed by atoms with Crippen molar-refractivity contribution in [1.29, 1.82) is 0 Å². The van der Waals surface area contributed by atoms with Gasteiger partial charge in [0.2, 0.25) is 0 Å². The molecule has 0 amide bonds. The Bertz CT molecular complexity index is 865. The van der Waals surface area contributed by atoms with E-state index in [1.165, 1.54) is 5.56 Å². The molecule has 4 rings (SSSR count). The van der Waals surface area contributed by atoms with Crippen LogP contribution in [-0.2, 0) is 6.42 Å². The number of fused-ring (bicyclic) bond motifs is 1. The molecule has 26 heavy (non-hydrogen) atoms. The monoisotopic (exact) mass is 350 g/mol. The Morgan fingerprint density at radius 2 is 1.88 bits per heavy atom. The van der Waals surface area contributed by atoms with E-state index in [0.29, 0.717) is 17.8 Å². The zero-order valence-electron chi connectivity index (χ0n) is 14.9. The van der Waals surface area contributed by atoms with Gasteiger partial charge >= 0.3 is 0 Å². The number of benzene rings is 1. The van der Waals surface area contributed by atoms with Gasteiger partial charge in [-0.05, 0) is 43.6 Å². The number of imidazole rings is 1. The summed E-state index contributed by atoms with van der Waals surface area (Å²) in [5.41, 5.74) is 16.8. The van der Waals surface area contributed by atoms with Crippen molar-refractivity contribution in [1.82, 2.24) is 14.6 Å². The average Bonchev–Trinajstić information content (AvgIpc) is 3.12. The van der Waals surface area contributed by atoms with Crippen LogP contribution in [0.4, 0.5) is 11.5 Å². The van der Waals surface area contributed by atoms with Crippen molar-refractivity contribution in [3.05, 3.63) is 53.9 Å². The molecule has 2 heterocycles. The Labute approximate surface area is 153 Å². The number of anilines is 2. The van der Waals surface area contributed by atoms with Crippen molar-refractivity contribution < 1.29 is 0 Å². The second-order valence-electron chi connectivity index (χ2n) is 7.14. The topological polar surface area (TPSA) is 94.3 Å². The largest absolute Gasteiger partial charge is 0.382 e. The third-order valence-electron chi connectivity index (χ3n) is 5.34. The highest BCUT2D eigenvalue weighted by molar-refractivity contribution is 5.76. The molecule has 0 unspecified atom stereocenters. The summed E-state index contributed by atoms with van der Waals surface area (Å²) in [6, 6.07) is 10.8. The van der Waals surface area contributed by atoms with E-state index in [2.05, 4.69) is 39.7 Å². The summed E-state index contributed by atoms with van der Waals surface area (Å²) in [6.45, 7) is 0.829. The maximum atomic E-state index is 6.36. The van der Waals surface area contributed by atoms with E-state index < -0.39 is 0 Å². The zero-order valence-corrected chi connectivity index (χ0v) is 14.9. The van der Waals surface area contributed by atoms with Crippen molar-refractivity contribution >= 4 is 17.2 Å².